The van der Waals surface area contributed by atoms with Crippen molar-refractivity contribution in [2.75, 3.05) is 45.6 Å². The third kappa shape index (κ3) is 7.85. The number of nitrogens with zero attached hydrogens (tertiary/aromatic N) is 3. The lowest BCUT2D eigenvalue weighted by atomic mass is 10.1. The van der Waals surface area contributed by atoms with Crippen LogP contribution < -0.4 is 25.8 Å². The maximum atomic E-state index is 13.5. The van der Waals surface area contributed by atoms with Gasteiger partial charge in [-0.15, -0.1) is 0 Å². The SMILES string of the molecule is CN/C(=C\N(NC)c1cc(C(=O)Nc2cc(CN(C)C)cc(C(F)(F)F)c2)ccc1Cl)c1cncc(OC)c1. The van der Waals surface area contributed by atoms with Crippen LogP contribution in [0.25, 0.3) is 5.70 Å². The Morgan fingerprint density at radius 2 is 1.82 bits per heavy atom. The van der Waals surface area contributed by atoms with E-state index in [4.69, 9.17) is 16.3 Å². The van der Waals surface area contributed by atoms with Crippen LogP contribution in [0.2, 0.25) is 5.02 Å². The Morgan fingerprint density at radius 1 is 1.08 bits per heavy atom. The third-order valence-electron chi connectivity index (χ3n) is 5.57. The van der Waals surface area contributed by atoms with Crippen molar-refractivity contribution < 1.29 is 22.7 Å². The van der Waals surface area contributed by atoms with Crippen LogP contribution >= 0.6 is 11.6 Å². The summed E-state index contributed by atoms with van der Waals surface area (Å²) in [4.78, 5) is 19.0. The highest BCUT2D eigenvalue weighted by Gasteiger charge is 2.31. The summed E-state index contributed by atoms with van der Waals surface area (Å²) in [5, 5.41) is 7.62. The van der Waals surface area contributed by atoms with E-state index in [-0.39, 0.29) is 17.8 Å². The fourth-order valence-corrected chi connectivity index (χ4v) is 3.98. The van der Waals surface area contributed by atoms with Crippen LogP contribution in [0.3, 0.4) is 0 Å². The molecule has 0 saturated carbocycles. The van der Waals surface area contributed by atoms with Gasteiger partial charge in [0.2, 0.25) is 0 Å². The summed E-state index contributed by atoms with van der Waals surface area (Å²) in [6, 6.07) is 9.89. The van der Waals surface area contributed by atoms with E-state index in [1.165, 1.54) is 18.2 Å². The Kier molecular flexibility index (Phi) is 9.79. The van der Waals surface area contributed by atoms with Crippen LogP contribution in [0.4, 0.5) is 24.5 Å². The number of hydrazine groups is 1. The molecule has 0 bridgehead atoms. The van der Waals surface area contributed by atoms with Crippen molar-refractivity contribution in [3.05, 3.63) is 88.3 Å². The minimum absolute atomic E-state index is 0.0385. The Morgan fingerprint density at radius 3 is 2.44 bits per heavy atom. The highest BCUT2D eigenvalue weighted by molar-refractivity contribution is 6.33. The molecule has 3 aromatic rings. The first kappa shape index (κ1) is 29.8. The smallest absolute Gasteiger partial charge is 0.416 e. The van der Waals surface area contributed by atoms with Gasteiger partial charge in [0.05, 0.1) is 35.3 Å². The standard InChI is InChI=1S/C27H30ClF3N6O2/c1-32-24(19-10-22(39-5)14-34-13-19)16-37(33-2)25-11-18(6-7-23(25)28)26(38)35-21-9-17(15-36(3)4)8-20(12-21)27(29,30)31/h6-14,16,32-33H,15H2,1-5H3,(H,35,38)/b24-16-. The molecule has 8 nitrogen and oxygen atoms in total. The van der Waals surface area contributed by atoms with Gasteiger partial charge in [-0.25, -0.2) is 5.43 Å². The molecule has 3 rings (SSSR count). The number of carbonyl (C=O) groups excluding carboxylic acids is 1. The van der Waals surface area contributed by atoms with Gasteiger partial charge in [-0.3, -0.25) is 14.8 Å². The number of hydrogen-bond donors (Lipinski definition) is 3. The van der Waals surface area contributed by atoms with Gasteiger partial charge >= 0.3 is 6.18 Å². The molecule has 0 atom stereocenters. The number of hydrogen-bond acceptors (Lipinski definition) is 7. The van der Waals surface area contributed by atoms with Crippen LogP contribution in [0, 0.1) is 0 Å². The molecule has 0 saturated heterocycles. The number of pyridine rings is 1. The summed E-state index contributed by atoms with van der Waals surface area (Å²) in [7, 11) is 8.46. The van der Waals surface area contributed by atoms with E-state index in [9.17, 15) is 18.0 Å². The highest BCUT2D eigenvalue weighted by Crippen LogP contribution is 2.33. The van der Waals surface area contributed by atoms with Gasteiger partial charge in [0, 0.05) is 49.9 Å². The van der Waals surface area contributed by atoms with Crippen molar-refractivity contribution in [1.82, 2.24) is 20.6 Å². The van der Waals surface area contributed by atoms with Crippen molar-refractivity contribution in [1.29, 1.82) is 0 Å². The number of nitrogens with one attached hydrogen (secondary N) is 3. The number of amides is 1. The van der Waals surface area contributed by atoms with Crippen LogP contribution in [0.5, 0.6) is 5.75 Å². The molecule has 1 heterocycles. The molecular formula is C27H30ClF3N6O2. The van der Waals surface area contributed by atoms with Crippen LogP contribution in [0.1, 0.15) is 27.0 Å². The van der Waals surface area contributed by atoms with Gasteiger partial charge in [0.1, 0.15) is 5.75 Å². The molecule has 0 aliphatic heterocycles. The first-order valence-electron chi connectivity index (χ1n) is 11.8. The van der Waals surface area contributed by atoms with E-state index in [1.807, 2.05) is 0 Å². The zero-order chi connectivity index (χ0) is 28.7. The average molecular weight is 563 g/mol. The van der Waals surface area contributed by atoms with Crippen molar-refractivity contribution in [3.8, 4) is 5.75 Å². The van der Waals surface area contributed by atoms with Gasteiger partial charge in [0.15, 0.2) is 0 Å². The zero-order valence-electron chi connectivity index (χ0n) is 22.2. The monoisotopic (exact) mass is 562 g/mol. The molecule has 39 heavy (non-hydrogen) atoms. The minimum Gasteiger partial charge on any atom is -0.495 e. The van der Waals surface area contributed by atoms with Crippen LogP contribution in [-0.4, -0.2) is 51.1 Å². The van der Waals surface area contributed by atoms with Crippen molar-refractivity contribution >= 4 is 34.6 Å². The number of ether oxygens (including phenoxy) is 1. The summed E-state index contributed by atoms with van der Waals surface area (Å²) in [5.74, 6) is -0.0152. The lowest BCUT2D eigenvalue weighted by Gasteiger charge is -2.23. The Balaban J connectivity index is 1.94. The predicted octanol–water partition coefficient (Wildman–Crippen LogP) is 5.24. The Bertz CT molecular complexity index is 1350. The first-order valence-corrected chi connectivity index (χ1v) is 12.1. The molecule has 0 spiro atoms. The highest BCUT2D eigenvalue weighted by atomic mass is 35.5. The van der Waals surface area contributed by atoms with Crippen molar-refractivity contribution in [2.45, 2.75) is 12.7 Å². The summed E-state index contributed by atoms with van der Waals surface area (Å²) in [6.07, 6.45) is 0.404. The summed E-state index contributed by atoms with van der Waals surface area (Å²) in [6.45, 7) is 0.276. The molecule has 1 amide bonds. The Labute approximate surface area is 230 Å². The number of benzene rings is 2. The largest absolute Gasteiger partial charge is 0.495 e. The number of methoxy groups -OCH3 is 1. The maximum Gasteiger partial charge on any atom is 0.416 e. The predicted molar refractivity (Wildman–Crippen MR) is 148 cm³/mol. The first-order chi connectivity index (χ1) is 18.4. The summed E-state index contributed by atoms with van der Waals surface area (Å²) in [5.41, 5.74) is 4.66. The topological polar surface area (TPSA) is 81.8 Å². The molecule has 1 aromatic heterocycles. The minimum atomic E-state index is -4.56. The van der Waals surface area contributed by atoms with E-state index in [0.29, 0.717) is 27.7 Å². The number of rotatable bonds is 10. The van der Waals surface area contributed by atoms with Gasteiger partial charge < -0.3 is 20.3 Å². The molecule has 12 heteroatoms. The van der Waals surface area contributed by atoms with E-state index < -0.39 is 17.6 Å². The number of halogens is 4. The van der Waals surface area contributed by atoms with Gasteiger partial charge in [0.25, 0.3) is 5.91 Å². The van der Waals surface area contributed by atoms with Crippen LogP contribution in [0.15, 0.2) is 61.1 Å². The lowest BCUT2D eigenvalue weighted by molar-refractivity contribution is -0.137. The number of anilines is 2. The summed E-state index contributed by atoms with van der Waals surface area (Å²) >= 11 is 6.47. The molecule has 0 aliphatic rings. The second-order valence-corrected chi connectivity index (χ2v) is 9.18. The van der Waals surface area contributed by atoms with Crippen LogP contribution in [-0.2, 0) is 12.7 Å². The zero-order valence-corrected chi connectivity index (χ0v) is 22.9. The third-order valence-corrected chi connectivity index (χ3v) is 5.89. The second-order valence-electron chi connectivity index (χ2n) is 8.77. The molecule has 0 radical (unpaired) electrons. The quantitative estimate of drug-likeness (QED) is 0.292. The van der Waals surface area contributed by atoms with Gasteiger partial charge in [-0.1, -0.05) is 11.6 Å². The molecule has 0 fully saturated rings. The second kappa shape index (κ2) is 12.8. The number of aromatic nitrogens is 1. The molecule has 208 valence electrons. The summed E-state index contributed by atoms with van der Waals surface area (Å²) < 4.78 is 45.7. The van der Waals surface area contributed by atoms with E-state index in [0.717, 1.165) is 17.7 Å². The number of alkyl halides is 3. The molecule has 0 aliphatic carbocycles. The normalized spacial score (nSPS) is 11.9. The van der Waals surface area contributed by atoms with Crippen molar-refractivity contribution in [3.63, 3.8) is 0 Å². The molecule has 0 unspecified atom stereocenters. The van der Waals surface area contributed by atoms with Gasteiger partial charge in [-0.2, -0.15) is 13.2 Å². The fourth-order valence-electron chi connectivity index (χ4n) is 3.77. The molecule has 2 aromatic carbocycles. The lowest BCUT2D eigenvalue weighted by Crippen LogP contribution is -2.31. The fraction of sp³-hybridized carbons (Fsp3) is 0.259. The maximum absolute atomic E-state index is 13.5. The van der Waals surface area contributed by atoms with E-state index in [2.05, 4.69) is 21.0 Å². The van der Waals surface area contributed by atoms with Gasteiger partial charge in [-0.05, 0) is 62.1 Å². The Hall–Kier alpha value is -3.80. The molecule has 3 N–H and O–H groups in total. The average Bonchev–Trinajstić information content (AvgIpc) is 2.89. The number of carbonyl (C=O) groups is 1. The molecular weight excluding hydrogens is 533 g/mol. The van der Waals surface area contributed by atoms with E-state index in [1.54, 1.807) is 75.9 Å². The van der Waals surface area contributed by atoms with Crippen molar-refractivity contribution in [2.24, 2.45) is 0 Å². The van der Waals surface area contributed by atoms with E-state index >= 15 is 0 Å².